The summed E-state index contributed by atoms with van der Waals surface area (Å²) in [4.78, 5) is 10.9. The van der Waals surface area contributed by atoms with E-state index in [0.717, 1.165) is 39.0 Å². The monoisotopic (exact) mass is 456 g/mol. The molecule has 0 heterocycles. The number of rotatable bonds is 7. The van der Waals surface area contributed by atoms with E-state index in [1.54, 1.807) is 19.2 Å². The van der Waals surface area contributed by atoms with E-state index < -0.39 is 5.97 Å². The maximum Gasteiger partial charge on any atom is 0.307 e. The van der Waals surface area contributed by atoms with Crippen LogP contribution in [0.15, 0.2) is 60.2 Å². The summed E-state index contributed by atoms with van der Waals surface area (Å²) >= 11 is 13.1. The molecule has 0 atom stereocenters. The van der Waals surface area contributed by atoms with Crippen molar-refractivity contribution in [2.45, 2.75) is 19.3 Å². The van der Waals surface area contributed by atoms with E-state index in [4.69, 9.17) is 33.0 Å². The van der Waals surface area contributed by atoms with Gasteiger partial charge < -0.3 is 9.84 Å². The summed E-state index contributed by atoms with van der Waals surface area (Å²) in [5.74, 6) is -0.445. The maximum absolute atomic E-state index is 13.3. The van der Waals surface area contributed by atoms with Gasteiger partial charge in [0.05, 0.1) is 13.5 Å². The number of methoxy groups -OCH3 is 1. The fourth-order valence-corrected chi connectivity index (χ4v) is 4.32. The Morgan fingerprint density at radius 3 is 2.32 bits per heavy atom. The quantitative estimate of drug-likeness (QED) is 0.414. The zero-order valence-corrected chi connectivity index (χ0v) is 18.2. The van der Waals surface area contributed by atoms with Crippen LogP contribution in [0, 0.1) is 5.82 Å². The van der Waals surface area contributed by atoms with Gasteiger partial charge in [0, 0.05) is 22.0 Å². The number of hydrogen-bond acceptors (Lipinski definition) is 2. The average Bonchev–Trinajstić information content (AvgIpc) is 3.49. The summed E-state index contributed by atoms with van der Waals surface area (Å²) in [7, 11) is 1.60. The third-order valence-corrected chi connectivity index (χ3v) is 6.02. The number of allylic oxidation sites excluding steroid dienone is 1. The van der Waals surface area contributed by atoms with Crippen molar-refractivity contribution in [3.63, 3.8) is 0 Å². The molecular formula is C25H19Cl2FO3. The summed E-state index contributed by atoms with van der Waals surface area (Å²) in [5.41, 5.74) is 6.26. The number of aliphatic carboxylic acids is 1. The lowest BCUT2D eigenvalue weighted by Gasteiger charge is -2.13. The van der Waals surface area contributed by atoms with Gasteiger partial charge in [-0.3, -0.25) is 4.79 Å². The summed E-state index contributed by atoms with van der Waals surface area (Å²) in [6.07, 6.45) is 1.24. The number of benzene rings is 3. The molecule has 1 N–H and O–H groups in total. The Labute approximate surface area is 189 Å². The molecule has 1 aliphatic rings. The van der Waals surface area contributed by atoms with E-state index >= 15 is 0 Å². The van der Waals surface area contributed by atoms with Crippen LogP contribution in [-0.2, 0) is 11.2 Å². The van der Waals surface area contributed by atoms with Crippen LogP contribution in [0.25, 0.3) is 16.7 Å². The molecule has 0 amide bonds. The van der Waals surface area contributed by atoms with Gasteiger partial charge in [0.25, 0.3) is 0 Å². The van der Waals surface area contributed by atoms with Gasteiger partial charge in [-0.1, -0.05) is 47.0 Å². The molecule has 0 aromatic heterocycles. The molecule has 3 nitrogen and oxygen atoms in total. The Morgan fingerprint density at radius 2 is 1.71 bits per heavy atom. The van der Waals surface area contributed by atoms with Gasteiger partial charge in [-0.05, 0) is 70.6 Å². The average molecular weight is 457 g/mol. The number of carboxylic acid groups (broad SMARTS) is 1. The van der Waals surface area contributed by atoms with Crippen molar-refractivity contribution in [3.05, 3.63) is 92.7 Å². The van der Waals surface area contributed by atoms with Crippen molar-refractivity contribution in [2.75, 3.05) is 7.11 Å². The second-order valence-corrected chi connectivity index (χ2v) is 8.28. The van der Waals surface area contributed by atoms with Gasteiger partial charge in [-0.15, -0.1) is 0 Å². The predicted molar refractivity (Wildman–Crippen MR) is 121 cm³/mol. The highest BCUT2D eigenvalue weighted by Gasteiger charge is 2.26. The Balaban J connectivity index is 1.64. The molecule has 4 rings (SSSR count). The second-order valence-electron chi connectivity index (χ2n) is 7.47. The van der Waals surface area contributed by atoms with Crippen molar-refractivity contribution in [1.82, 2.24) is 0 Å². The fourth-order valence-electron chi connectivity index (χ4n) is 3.70. The van der Waals surface area contributed by atoms with Crippen LogP contribution in [0.4, 0.5) is 4.39 Å². The molecule has 0 aliphatic heterocycles. The smallest absolute Gasteiger partial charge is 0.307 e. The molecular weight excluding hydrogens is 438 g/mol. The SMILES string of the molecule is COc1ccc(Cc2c(Cl)cc(C3=C(CC(=O)O)C3)cc2Cl)cc1-c1ccc(F)cc1. The molecule has 1 aliphatic carbocycles. The molecule has 3 aromatic rings. The van der Waals surface area contributed by atoms with Gasteiger partial charge in [-0.25, -0.2) is 4.39 Å². The van der Waals surface area contributed by atoms with Crippen molar-refractivity contribution in [1.29, 1.82) is 0 Å². The summed E-state index contributed by atoms with van der Waals surface area (Å²) < 4.78 is 18.8. The molecule has 0 spiro atoms. The van der Waals surface area contributed by atoms with Crippen LogP contribution < -0.4 is 4.74 Å². The highest BCUT2D eigenvalue weighted by molar-refractivity contribution is 6.36. The zero-order valence-electron chi connectivity index (χ0n) is 16.7. The van der Waals surface area contributed by atoms with Crippen LogP contribution in [0.2, 0.25) is 10.0 Å². The molecule has 0 unspecified atom stereocenters. The Morgan fingerprint density at radius 1 is 1.03 bits per heavy atom. The van der Waals surface area contributed by atoms with E-state index in [0.29, 0.717) is 28.6 Å². The minimum atomic E-state index is -0.838. The molecule has 31 heavy (non-hydrogen) atoms. The molecule has 0 fully saturated rings. The molecule has 0 radical (unpaired) electrons. The van der Waals surface area contributed by atoms with Gasteiger partial charge in [0.15, 0.2) is 0 Å². The van der Waals surface area contributed by atoms with E-state index in [2.05, 4.69) is 0 Å². The molecule has 0 bridgehead atoms. The number of halogens is 3. The largest absolute Gasteiger partial charge is 0.496 e. The lowest BCUT2D eigenvalue weighted by Crippen LogP contribution is -1.95. The highest BCUT2D eigenvalue weighted by atomic mass is 35.5. The first kappa shape index (κ1) is 21.4. The standard InChI is InChI=1S/C25H19Cl2FO3/c1-31-24-7-2-14(8-20(24)15-3-5-18(28)6-4-15)9-21-22(26)11-17(12-23(21)27)19-10-16(19)13-25(29)30/h2-8,11-12H,9-10,13H2,1H3,(H,29,30). The Hall–Kier alpha value is -2.82. The summed E-state index contributed by atoms with van der Waals surface area (Å²) in [6, 6.07) is 15.7. The molecule has 0 saturated heterocycles. The first-order valence-electron chi connectivity index (χ1n) is 9.69. The normalized spacial score (nSPS) is 12.8. The van der Waals surface area contributed by atoms with Crippen molar-refractivity contribution < 1.29 is 19.0 Å². The van der Waals surface area contributed by atoms with E-state index in [1.165, 1.54) is 12.1 Å². The molecule has 158 valence electrons. The summed E-state index contributed by atoms with van der Waals surface area (Å²) in [6.45, 7) is 0. The number of hydrogen-bond donors (Lipinski definition) is 1. The van der Waals surface area contributed by atoms with Crippen LogP contribution >= 0.6 is 23.2 Å². The number of carbonyl (C=O) groups is 1. The third kappa shape index (κ3) is 4.76. The van der Waals surface area contributed by atoms with Crippen molar-refractivity contribution >= 4 is 34.7 Å². The lowest BCUT2D eigenvalue weighted by molar-refractivity contribution is -0.136. The van der Waals surface area contributed by atoms with Gasteiger partial charge in [-0.2, -0.15) is 0 Å². The molecule has 0 saturated carbocycles. The van der Waals surface area contributed by atoms with Gasteiger partial charge in [0.1, 0.15) is 11.6 Å². The number of carboxylic acids is 1. The summed E-state index contributed by atoms with van der Waals surface area (Å²) in [5, 5.41) is 10.0. The van der Waals surface area contributed by atoms with Crippen molar-refractivity contribution in [2.24, 2.45) is 0 Å². The number of ether oxygens (including phenoxy) is 1. The lowest BCUT2D eigenvalue weighted by atomic mass is 9.97. The Bertz CT molecular complexity index is 1180. The molecule has 6 heteroatoms. The van der Waals surface area contributed by atoms with E-state index in [1.807, 2.05) is 30.3 Å². The maximum atomic E-state index is 13.3. The van der Waals surface area contributed by atoms with Crippen molar-refractivity contribution in [3.8, 4) is 16.9 Å². The van der Waals surface area contributed by atoms with Crippen LogP contribution in [0.3, 0.4) is 0 Å². The van der Waals surface area contributed by atoms with E-state index in [-0.39, 0.29) is 12.2 Å². The Kier molecular flexibility index (Phi) is 6.03. The highest BCUT2D eigenvalue weighted by Crippen LogP contribution is 2.44. The topological polar surface area (TPSA) is 46.5 Å². The minimum Gasteiger partial charge on any atom is -0.496 e. The first-order valence-corrected chi connectivity index (χ1v) is 10.4. The van der Waals surface area contributed by atoms with Crippen LogP contribution in [-0.4, -0.2) is 18.2 Å². The minimum absolute atomic E-state index is 0.0460. The van der Waals surface area contributed by atoms with Gasteiger partial charge >= 0.3 is 5.97 Å². The zero-order chi connectivity index (χ0) is 22.1. The fraction of sp³-hybridized carbons (Fsp3) is 0.160. The third-order valence-electron chi connectivity index (χ3n) is 5.35. The predicted octanol–water partition coefficient (Wildman–Crippen LogP) is 7.03. The first-order chi connectivity index (χ1) is 14.9. The van der Waals surface area contributed by atoms with E-state index in [9.17, 15) is 9.18 Å². The van der Waals surface area contributed by atoms with Crippen LogP contribution in [0.1, 0.15) is 29.5 Å². The molecule has 3 aromatic carbocycles. The van der Waals surface area contributed by atoms with Gasteiger partial charge in [0.2, 0.25) is 0 Å². The van der Waals surface area contributed by atoms with Crippen LogP contribution in [0.5, 0.6) is 5.75 Å². The second kappa shape index (κ2) is 8.74.